The largest absolute Gasteiger partial charge is 0.380 e. The molecule has 0 unspecified atom stereocenters. The lowest BCUT2D eigenvalue weighted by molar-refractivity contribution is 0.625. The molecule has 0 aliphatic rings. The van der Waals surface area contributed by atoms with Gasteiger partial charge in [-0.05, 0) is 71.0 Å². The van der Waals surface area contributed by atoms with Crippen LogP contribution in [0, 0.1) is 16.3 Å². The summed E-state index contributed by atoms with van der Waals surface area (Å²) in [7, 11) is 0. The van der Waals surface area contributed by atoms with E-state index in [1.54, 1.807) is 12.1 Å². The van der Waals surface area contributed by atoms with E-state index in [4.69, 9.17) is 11.6 Å². The Balaban J connectivity index is 2.16. The van der Waals surface area contributed by atoms with E-state index in [-0.39, 0.29) is 5.82 Å². The maximum absolute atomic E-state index is 13.2. The SMILES string of the molecule is Cc1ccc(F)cc1CNc1cc(I)ccc1Cl. The van der Waals surface area contributed by atoms with E-state index in [0.717, 1.165) is 20.4 Å². The fraction of sp³-hybridized carbons (Fsp3) is 0.143. The molecule has 1 N–H and O–H groups in total. The fourth-order valence-electron chi connectivity index (χ4n) is 1.65. The number of aryl methyl sites for hydroxylation is 1. The maximum atomic E-state index is 13.2. The highest BCUT2D eigenvalue weighted by atomic mass is 127. The molecule has 94 valence electrons. The van der Waals surface area contributed by atoms with Crippen LogP contribution in [0.4, 0.5) is 10.1 Å². The molecule has 0 spiro atoms. The Morgan fingerprint density at radius 2 is 2.00 bits per heavy atom. The highest BCUT2D eigenvalue weighted by Crippen LogP contribution is 2.24. The summed E-state index contributed by atoms with van der Waals surface area (Å²) in [5.74, 6) is -0.217. The minimum absolute atomic E-state index is 0.217. The van der Waals surface area contributed by atoms with Crippen molar-refractivity contribution in [3.63, 3.8) is 0 Å². The molecule has 0 atom stereocenters. The molecule has 0 radical (unpaired) electrons. The van der Waals surface area contributed by atoms with Gasteiger partial charge in [0.1, 0.15) is 5.82 Å². The molecule has 0 amide bonds. The van der Waals surface area contributed by atoms with Crippen molar-refractivity contribution in [3.05, 3.63) is 61.9 Å². The third kappa shape index (κ3) is 3.36. The average molecular weight is 376 g/mol. The number of rotatable bonds is 3. The Morgan fingerprint density at radius 1 is 1.22 bits per heavy atom. The molecular weight excluding hydrogens is 364 g/mol. The number of hydrogen-bond acceptors (Lipinski definition) is 1. The van der Waals surface area contributed by atoms with Crippen LogP contribution in [0.5, 0.6) is 0 Å². The molecule has 0 saturated carbocycles. The Bertz CT molecular complexity index is 520. The van der Waals surface area contributed by atoms with E-state index in [1.165, 1.54) is 6.07 Å². The van der Waals surface area contributed by atoms with Crippen LogP contribution in [-0.4, -0.2) is 0 Å². The number of benzene rings is 2. The highest BCUT2D eigenvalue weighted by molar-refractivity contribution is 14.1. The smallest absolute Gasteiger partial charge is 0.123 e. The van der Waals surface area contributed by atoms with E-state index in [2.05, 4.69) is 27.9 Å². The standard InChI is InChI=1S/C14H12ClFIN/c1-9-2-3-11(16)6-10(9)8-18-14-7-12(17)4-5-13(14)15/h2-7,18H,8H2,1H3. The number of anilines is 1. The van der Waals surface area contributed by atoms with Crippen molar-refractivity contribution < 1.29 is 4.39 Å². The second kappa shape index (κ2) is 5.89. The Labute approximate surface area is 124 Å². The highest BCUT2D eigenvalue weighted by Gasteiger charge is 2.03. The molecule has 4 heteroatoms. The van der Waals surface area contributed by atoms with E-state index in [0.29, 0.717) is 11.6 Å². The fourth-order valence-corrected chi connectivity index (χ4v) is 2.33. The van der Waals surface area contributed by atoms with E-state index < -0.39 is 0 Å². The normalized spacial score (nSPS) is 10.4. The van der Waals surface area contributed by atoms with Gasteiger partial charge in [0.05, 0.1) is 10.7 Å². The summed E-state index contributed by atoms with van der Waals surface area (Å²) in [4.78, 5) is 0. The first-order valence-corrected chi connectivity index (χ1v) is 6.96. The predicted octanol–water partition coefficient (Wildman–Crippen LogP) is 5.00. The zero-order chi connectivity index (χ0) is 13.1. The molecule has 2 aromatic rings. The molecule has 1 nitrogen and oxygen atoms in total. The number of hydrogen-bond donors (Lipinski definition) is 1. The van der Waals surface area contributed by atoms with Gasteiger partial charge in [-0.15, -0.1) is 0 Å². The van der Waals surface area contributed by atoms with Gasteiger partial charge in [-0.1, -0.05) is 17.7 Å². The first-order valence-electron chi connectivity index (χ1n) is 5.50. The van der Waals surface area contributed by atoms with E-state index in [9.17, 15) is 4.39 Å². The van der Waals surface area contributed by atoms with Gasteiger partial charge in [-0.25, -0.2) is 4.39 Å². The Kier molecular flexibility index (Phi) is 4.45. The van der Waals surface area contributed by atoms with E-state index >= 15 is 0 Å². The van der Waals surface area contributed by atoms with Gasteiger partial charge in [-0.2, -0.15) is 0 Å². The van der Waals surface area contributed by atoms with Crippen LogP contribution in [-0.2, 0) is 6.54 Å². The van der Waals surface area contributed by atoms with Crippen LogP contribution in [0.1, 0.15) is 11.1 Å². The van der Waals surface area contributed by atoms with Crippen LogP contribution in [0.2, 0.25) is 5.02 Å². The summed E-state index contributed by atoms with van der Waals surface area (Å²) in [6.07, 6.45) is 0. The summed E-state index contributed by atoms with van der Waals surface area (Å²) in [5, 5.41) is 3.91. The van der Waals surface area contributed by atoms with Gasteiger partial charge >= 0.3 is 0 Å². The summed E-state index contributed by atoms with van der Waals surface area (Å²) in [5.41, 5.74) is 2.86. The van der Waals surface area contributed by atoms with Gasteiger partial charge in [0.25, 0.3) is 0 Å². The van der Waals surface area contributed by atoms with E-state index in [1.807, 2.05) is 25.1 Å². The molecule has 0 saturated heterocycles. The minimum atomic E-state index is -0.217. The molecule has 0 aromatic heterocycles. The maximum Gasteiger partial charge on any atom is 0.123 e. The van der Waals surface area contributed by atoms with Crippen LogP contribution in [0.15, 0.2) is 36.4 Å². The summed E-state index contributed by atoms with van der Waals surface area (Å²) < 4.78 is 14.3. The van der Waals surface area contributed by atoms with Gasteiger partial charge in [0, 0.05) is 10.1 Å². The summed E-state index contributed by atoms with van der Waals surface area (Å²) in [6, 6.07) is 10.6. The second-order valence-corrected chi connectivity index (χ2v) is 5.70. The van der Waals surface area contributed by atoms with Crippen molar-refractivity contribution in [2.75, 3.05) is 5.32 Å². The lowest BCUT2D eigenvalue weighted by atomic mass is 10.1. The van der Waals surface area contributed by atoms with Crippen molar-refractivity contribution in [1.82, 2.24) is 0 Å². The topological polar surface area (TPSA) is 12.0 Å². The average Bonchev–Trinajstić information content (AvgIpc) is 2.34. The van der Waals surface area contributed by atoms with Crippen molar-refractivity contribution in [1.29, 1.82) is 0 Å². The van der Waals surface area contributed by atoms with Gasteiger partial charge in [-0.3, -0.25) is 0 Å². The molecule has 0 aliphatic heterocycles. The van der Waals surface area contributed by atoms with Crippen LogP contribution >= 0.6 is 34.2 Å². The molecule has 0 fully saturated rings. The zero-order valence-corrected chi connectivity index (χ0v) is 12.7. The molecule has 0 heterocycles. The molecule has 2 aromatic carbocycles. The van der Waals surface area contributed by atoms with Crippen LogP contribution in [0.25, 0.3) is 0 Å². The van der Waals surface area contributed by atoms with Crippen molar-refractivity contribution in [2.24, 2.45) is 0 Å². The van der Waals surface area contributed by atoms with Crippen molar-refractivity contribution >= 4 is 39.9 Å². The summed E-state index contributed by atoms with van der Waals surface area (Å²) in [6.45, 7) is 2.52. The second-order valence-electron chi connectivity index (χ2n) is 4.05. The lowest BCUT2D eigenvalue weighted by Crippen LogP contribution is -2.02. The molecule has 18 heavy (non-hydrogen) atoms. The molecule has 0 aliphatic carbocycles. The molecular formula is C14H12ClFIN. The molecule has 2 rings (SSSR count). The minimum Gasteiger partial charge on any atom is -0.380 e. The van der Waals surface area contributed by atoms with Gasteiger partial charge in [0.2, 0.25) is 0 Å². The third-order valence-corrected chi connectivity index (χ3v) is 3.71. The van der Waals surface area contributed by atoms with Gasteiger partial charge < -0.3 is 5.32 Å². The van der Waals surface area contributed by atoms with Crippen LogP contribution < -0.4 is 5.32 Å². The monoisotopic (exact) mass is 375 g/mol. The predicted molar refractivity (Wildman–Crippen MR) is 82.6 cm³/mol. The van der Waals surface area contributed by atoms with Crippen molar-refractivity contribution in [3.8, 4) is 0 Å². The first-order chi connectivity index (χ1) is 8.56. The first kappa shape index (κ1) is 13.6. The molecule has 0 bridgehead atoms. The third-order valence-electron chi connectivity index (χ3n) is 2.71. The van der Waals surface area contributed by atoms with Gasteiger partial charge in [0.15, 0.2) is 0 Å². The van der Waals surface area contributed by atoms with Crippen LogP contribution in [0.3, 0.4) is 0 Å². The zero-order valence-electron chi connectivity index (χ0n) is 9.81. The summed E-state index contributed by atoms with van der Waals surface area (Å²) >= 11 is 8.32. The quantitative estimate of drug-likeness (QED) is 0.744. The Hall–Kier alpha value is -0.810. The number of halogens is 3. The Morgan fingerprint density at radius 3 is 2.78 bits per heavy atom. The number of nitrogens with one attached hydrogen (secondary N) is 1. The lowest BCUT2D eigenvalue weighted by Gasteiger charge is -2.11. The van der Waals surface area contributed by atoms with Crippen molar-refractivity contribution in [2.45, 2.75) is 13.5 Å².